The topological polar surface area (TPSA) is 111 Å². The molecule has 1 saturated carbocycles. The zero-order chi connectivity index (χ0) is 22.3. The van der Waals surface area contributed by atoms with Crippen LogP contribution in [0.1, 0.15) is 41.3 Å². The third-order valence-corrected chi connectivity index (χ3v) is 6.31. The number of fused-ring (bicyclic) bond motifs is 1. The lowest BCUT2D eigenvalue weighted by Gasteiger charge is -2.32. The summed E-state index contributed by atoms with van der Waals surface area (Å²) < 4.78 is 0. The number of aliphatic imine (C=N–C) groups is 1. The zero-order valence-electron chi connectivity index (χ0n) is 18.2. The third-order valence-electron chi connectivity index (χ3n) is 6.31. The van der Waals surface area contributed by atoms with Crippen LogP contribution in [0, 0.1) is 0 Å². The van der Waals surface area contributed by atoms with Crippen LogP contribution in [-0.4, -0.2) is 31.0 Å². The van der Waals surface area contributed by atoms with Crippen molar-refractivity contribution >= 4 is 16.9 Å². The molecule has 3 aromatic heterocycles. The molecule has 4 aromatic rings. The van der Waals surface area contributed by atoms with Crippen molar-refractivity contribution in [1.29, 1.82) is 0 Å². The minimum absolute atomic E-state index is 0.577. The number of rotatable bonds is 6. The van der Waals surface area contributed by atoms with Gasteiger partial charge in [-0.2, -0.15) is 5.10 Å². The molecule has 1 fully saturated rings. The number of pyridine rings is 1. The normalized spacial score (nSPS) is 20.0. The average molecular weight is 439 g/mol. The Hall–Kier alpha value is -3.91. The molecule has 0 amide bonds. The van der Waals surface area contributed by atoms with E-state index in [2.05, 4.69) is 66.8 Å². The van der Waals surface area contributed by atoms with Gasteiger partial charge >= 0.3 is 0 Å². The molecule has 8 nitrogen and oxygen atoms in total. The Labute approximate surface area is 191 Å². The van der Waals surface area contributed by atoms with Gasteiger partial charge in [-0.05, 0) is 54.3 Å². The third kappa shape index (κ3) is 3.89. The molecule has 4 heterocycles. The number of H-pyrrole nitrogens is 2. The molecule has 0 radical (unpaired) electrons. The lowest BCUT2D eigenvalue weighted by atomic mass is 10.1. The van der Waals surface area contributed by atoms with Crippen LogP contribution in [0.15, 0.2) is 78.3 Å². The van der Waals surface area contributed by atoms with Crippen molar-refractivity contribution in [3.8, 4) is 0 Å². The Bertz CT molecular complexity index is 1330. The summed E-state index contributed by atoms with van der Waals surface area (Å²) in [5.41, 5.74) is 11.0. The van der Waals surface area contributed by atoms with Gasteiger partial charge in [-0.15, -0.1) is 0 Å². The van der Waals surface area contributed by atoms with Gasteiger partial charge in [0.15, 0.2) is 5.66 Å². The highest BCUT2D eigenvalue weighted by Gasteiger charge is 2.33. The van der Waals surface area contributed by atoms with E-state index in [1.54, 1.807) is 6.20 Å². The second-order valence-electron chi connectivity index (χ2n) is 8.79. The van der Waals surface area contributed by atoms with E-state index in [4.69, 9.17) is 10.7 Å². The average Bonchev–Trinajstić information content (AvgIpc) is 3.35. The van der Waals surface area contributed by atoms with Gasteiger partial charge in [-0.3, -0.25) is 15.8 Å². The zero-order valence-corrected chi connectivity index (χ0v) is 18.2. The van der Waals surface area contributed by atoms with E-state index in [1.807, 2.05) is 30.7 Å². The largest absolute Gasteiger partial charge is 0.361 e. The molecule has 1 aliphatic heterocycles. The molecule has 0 saturated heterocycles. The number of benzene rings is 1. The SMILES string of the molecule is NC1(c2cc(C3CC3)[nH]n2)C=CNC(N(Cc2cccnc2)Cc2cccc3[nH]ccc23)=N1. The molecule has 1 aromatic carbocycles. The van der Waals surface area contributed by atoms with E-state index < -0.39 is 5.66 Å². The second-order valence-corrected chi connectivity index (χ2v) is 8.79. The van der Waals surface area contributed by atoms with Crippen LogP contribution in [0.3, 0.4) is 0 Å². The Kier molecular flexibility index (Phi) is 4.73. The van der Waals surface area contributed by atoms with Crippen molar-refractivity contribution in [2.24, 2.45) is 10.7 Å². The van der Waals surface area contributed by atoms with Crippen molar-refractivity contribution in [3.63, 3.8) is 0 Å². The highest BCUT2D eigenvalue weighted by molar-refractivity contribution is 5.85. The smallest absolute Gasteiger partial charge is 0.201 e. The number of nitrogens with zero attached hydrogens (tertiary/aromatic N) is 4. The number of nitrogens with one attached hydrogen (secondary N) is 3. The van der Waals surface area contributed by atoms with Gasteiger partial charge in [0.1, 0.15) is 5.69 Å². The van der Waals surface area contributed by atoms with Crippen LogP contribution in [0.2, 0.25) is 0 Å². The Morgan fingerprint density at radius 1 is 1.12 bits per heavy atom. The van der Waals surface area contributed by atoms with E-state index in [0.29, 0.717) is 25.0 Å². The van der Waals surface area contributed by atoms with Crippen LogP contribution >= 0.6 is 0 Å². The van der Waals surface area contributed by atoms with Gasteiger partial charge in [0.25, 0.3) is 0 Å². The standard InChI is InChI=1S/C25H26N8/c26-25(23-13-22(31-32-23)18-6-7-18)9-12-29-24(30-25)33(15-17-3-2-10-27-14-17)16-19-4-1-5-21-20(19)8-11-28-21/h1-5,8-14,18,28H,6-7,15-16,26H2,(H,29,30)(H,31,32). The Morgan fingerprint density at radius 2 is 2.06 bits per heavy atom. The van der Waals surface area contributed by atoms with E-state index in [0.717, 1.165) is 22.5 Å². The van der Waals surface area contributed by atoms with Gasteiger partial charge in [-0.25, -0.2) is 4.99 Å². The summed E-state index contributed by atoms with van der Waals surface area (Å²) in [6, 6.07) is 14.5. The second kappa shape index (κ2) is 7.90. The summed E-state index contributed by atoms with van der Waals surface area (Å²) in [7, 11) is 0. The maximum atomic E-state index is 6.76. The maximum absolute atomic E-state index is 6.76. The molecule has 1 atom stereocenters. The molecule has 166 valence electrons. The fourth-order valence-electron chi connectivity index (χ4n) is 4.35. The molecule has 1 unspecified atom stereocenters. The molecule has 8 heteroatoms. The quantitative estimate of drug-likeness (QED) is 0.368. The van der Waals surface area contributed by atoms with Crippen LogP contribution in [0.25, 0.3) is 10.9 Å². The first-order valence-corrected chi connectivity index (χ1v) is 11.3. The van der Waals surface area contributed by atoms with E-state index in [9.17, 15) is 0 Å². The van der Waals surface area contributed by atoms with Crippen molar-refractivity contribution in [2.75, 3.05) is 0 Å². The monoisotopic (exact) mass is 438 g/mol. The van der Waals surface area contributed by atoms with Crippen molar-refractivity contribution < 1.29 is 0 Å². The molecule has 2 aliphatic rings. The summed E-state index contributed by atoms with van der Waals surface area (Å²) in [6.45, 7) is 1.30. The molecule has 5 N–H and O–H groups in total. The number of hydrogen-bond acceptors (Lipinski definition) is 6. The van der Waals surface area contributed by atoms with Crippen LogP contribution in [0.5, 0.6) is 0 Å². The fraction of sp³-hybridized carbons (Fsp3) is 0.240. The number of aromatic nitrogens is 4. The van der Waals surface area contributed by atoms with E-state index in [-0.39, 0.29) is 0 Å². The summed E-state index contributed by atoms with van der Waals surface area (Å²) in [6.07, 6.45) is 11.8. The summed E-state index contributed by atoms with van der Waals surface area (Å²) in [5, 5.41) is 12.2. The number of guanidine groups is 1. The highest BCUT2D eigenvalue weighted by atomic mass is 15.3. The van der Waals surface area contributed by atoms with Gasteiger partial charge in [0, 0.05) is 60.4 Å². The van der Waals surface area contributed by atoms with E-state index >= 15 is 0 Å². The highest BCUT2D eigenvalue weighted by Crippen LogP contribution is 2.40. The summed E-state index contributed by atoms with van der Waals surface area (Å²) >= 11 is 0. The Morgan fingerprint density at radius 3 is 2.91 bits per heavy atom. The van der Waals surface area contributed by atoms with Crippen LogP contribution < -0.4 is 11.1 Å². The summed E-state index contributed by atoms with van der Waals surface area (Å²) in [5.74, 6) is 1.28. The molecular formula is C25H26N8. The number of aromatic amines is 2. The molecule has 6 rings (SSSR count). The lowest BCUT2D eigenvalue weighted by Crippen LogP contribution is -2.46. The first-order valence-electron chi connectivity index (χ1n) is 11.3. The van der Waals surface area contributed by atoms with Crippen LogP contribution in [0.4, 0.5) is 0 Å². The first-order chi connectivity index (χ1) is 16.2. The van der Waals surface area contributed by atoms with Crippen molar-refractivity contribution in [3.05, 3.63) is 95.8 Å². The minimum Gasteiger partial charge on any atom is -0.361 e. The predicted octanol–water partition coefficient (Wildman–Crippen LogP) is 3.45. The molecule has 0 bridgehead atoms. The number of nitrogens with two attached hydrogens (primary N) is 1. The first kappa shape index (κ1) is 19.8. The lowest BCUT2D eigenvalue weighted by molar-refractivity contribution is 0.383. The van der Waals surface area contributed by atoms with Gasteiger partial charge in [-0.1, -0.05) is 18.2 Å². The van der Waals surface area contributed by atoms with Crippen molar-refractivity contribution in [2.45, 2.75) is 37.5 Å². The molecule has 33 heavy (non-hydrogen) atoms. The van der Waals surface area contributed by atoms with Crippen LogP contribution in [-0.2, 0) is 18.8 Å². The van der Waals surface area contributed by atoms with Gasteiger partial charge in [0.05, 0.1) is 0 Å². The van der Waals surface area contributed by atoms with Gasteiger partial charge in [0.2, 0.25) is 5.96 Å². The van der Waals surface area contributed by atoms with E-state index in [1.165, 1.54) is 23.8 Å². The summed E-state index contributed by atoms with van der Waals surface area (Å²) in [4.78, 5) is 14.7. The maximum Gasteiger partial charge on any atom is 0.201 e. The molecule has 0 spiro atoms. The van der Waals surface area contributed by atoms with Crippen molar-refractivity contribution in [1.82, 2.24) is 30.4 Å². The Balaban J connectivity index is 1.36. The predicted molar refractivity (Wildman–Crippen MR) is 128 cm³/mol. The molecule has 1 aliphatic carbocycles. The number of hydrogen-bond donors (Lipinski definition) is 4. The minimum atomic E-state index is -1.03. The fourth-order valence-corrected chi connectivity index (χ4v) is 4.35. The van der Waals surface area contributed by atoms with Gasteiger partial charge < -0.3 is 15.2 Å². The molecular weight excluding hydrogens is 412 g/mol.